The second kappa shape index (κ2) is 17.3. The van der Waals surface area contributed by atoms with Crippen molar-refractivity contribution in [3.63, 3.8) is 0 Å². The lowest BCUT2D eigenvalue weighted by molar-refractivity contribution is 0.281. The third-order valence-electron chi connectivity index (χ3n) is 6.65. The molecular weight excluding hydrogens is 755 g/mol. The Morgan fingerprint density at radius 3 is 1.98 bits per heavy atom. The molecule has 0 spiro atoms. The number of azo groups is 1. The molecule has 0 atom stereocenters. The molecule has 0 amide bonds. The first-order chi connectivity index (χ1) is 23.5. The summed E-state index contributed by atoms with van der Waals surface area (Å²) in [5, 5.41) is 20.1. The first-order valence-corrected chi connectivity index (χ1v) is 21.4. The molecule has 0 aliphatic carbocycles. The number of hydrogen-bond donors (Lipinski definition) is 4. The van der Waals surface area contributed by atoms with E-state index in [4.69, 9.17) is 13.8 Å². The van der Waals surface area contributed by atoms with E-state index in [0.29, 0.717) is 28.1 Å². The van der Waals surface area contributed by atoms with Crippen molar-refractivity contribution in [3.8, 4) is 5.75 Å². The molecular formula is C29H33N5O11S5. The van der Waals surface area contributed by atoms with Gasteiger partial charge in [-0.3, -0.25) is 13.7 Å². The molecule has 4 rings (SSSR count). The van der Waals surface area contributed by atoms with Crippen molar-refractivity contribution in [1.82, 2.24) is 15.0 Å². The third-order valence-corrected chi connectivity index (χ3v) is 11.0. The second-order valence-electron chi connectivity index (χ2n) is 10.5. The van der Waals surface area contributed by atoms with Crippen LogP contribution in [0.5, 0.6) is 5.75 Å². The monoisotopic (exact) mass is 787 g/mol. The van der Waals surface area contributed by atoms with E-state index in [1.54, 1.807) is 37.3 Å². The Hall–Kier alpha value is -3.28. The molecule has 0 radical (unpaired) electrons. The summed E-state index contributed by atoms with van der Waals surface area (Å²) < 4.78 is 102. The normalized spacial score (nSPS) is 12.6. The van der Waals surface area contributed by atoms with Crippen molar-refractivity contribution in [3.05, 3.63) is 65.5 Å². The van der Waals surface area contributed by atoms with Crippen LogP contribution in [-0.2, 0) is 43.4 Å². The predicted octanol–water partition coefficient (Wildman–Crippen LogP) is 4.91. The average Bonchev–Trinajstić information content (AvgIpc) is 3.03. The number of aromatic nitrogens is 3. The third kappa shape index (κ3) is 12.2. The highest BCUT2D eigenvalue weighted by Crippen LogP contribution is 2.34. The molecule has 0 unspecified atom stereocenters. The Labute approximate surface area is 297 Å². The summed E-state index contributed by atoms with van der Waals surface area (Å²) in [5.41, 5.74) is 1.51. The van der Waals surface area contributed by atoms with Gasteiger partial charge >= 0.3 is 0 Å². The Kier molecular flexibility index (Phi) is 13.7. The van der Waals surface area contributed by atoms with E-state index < -0.39 is 48.5 Å². The van der Waals surface area contributed by atoms with Crippen LogP contribution in [0, 0.1) is 0 Å². The molecule has 0 aliphatic rings. The van der Waals surface area contributed by atoms with Crippen LogP contribution in [0.4, 0.5) is 11.4 Å². The van der Waals surface area contributed by atoms with Gasteiger partial charge in [-0.2, -0.15) is 40.5 Å². The number of thioether (sulfide) groups is 2. The second-order valence-corrected chi connectivity index (χ2v) is 17.1. The molecule has 0 saturated heterocycles. The van der Waals surface area contributed by atoms with Crippen LogP contribution in [-0.4, -0.2) is 88.6 Å². The van der Waals surface area contributed by atoms with Crippen molar-refractivity contribution in [1.29, 1.82) is 0 Å². The number of fused-ring (bicyclic) bond motifs is 1. The largest absolute Gasteiger partial charge is 0.494 e. The zero-order valence-electron chi connectivity index (χ0n) is 26.4. The zero-order chi connectivity index (χ0) is 36.5. The Balaban J connectivity index is 1.64. The van der Waals surface area contributed by atoms with Gasteiger partial charge in [-0.1, -0.05) is 41.7 Å². The van der Waals surface area contributed by atoms with Crippen LogP contribution >= 0.6 is 23.5 Å². The molecule has 1 aromatic heterocycles. The summed E-state index contributed by atoms with van der Waals surface area (Å²) in [7, 11) is -12.8. The fourth-order valence-electron chi connectivity index (χ4n) is 4.51. The van der Waals surface area contributed by atoms with Crippen LogP contribution < -0.4 is 4.74 Å². The summed E-state index contributed by atoms with van der Waals surface area (Å²) in [6, 6.07) is 12.4. The Bertz CT molecular complexity index is 2140. The number of aliphatic hydroxyl groups excluding tert-OH is 1. The standard InChI is InChI=1S/C29H33N5O11S5/c1-2-45-25-17-24(34-33-22-9-8-19-6-3-7-26(23(19)16-22)50(42,43)44)21(18-35)14-20(25)15-27-30-28(46-10-4-12-48(36,37)38)32-29(31-27)47-11-5-13-49(39,40)41/h3,6-9,14,16-17,35H,2,4-5,10-13,15,18H2,1H3,(H,36,37,38)(H,39,40,41)(H,42,43,44). The summed E-state index contributed by atoms with van der Waals surface area (Å²) in [5.74, 6) is 0.335. The highest BCUT2D eigenvalue weighted by Gasteiger charge is 2.17. The highest BCUT2D eigenvalue weighted by molar-refractivity contribution is 7.99. The molecule has 0 saturated carbocycles. The number of hydrogen-bond acceptors (Lipinski definition) is 15. The van der Waals surface area contributed by atoms with Gasteiger partial charge in [0, 0.05) is 40.5 Å². The molecule has 21 heteroatoms. The molecule has 270 valence electrons. The van der Waals surface area contributed by atoms with Crippen molar-refractivity contribution in [2.75, 3.05) is 29.6 Å². The smallest absolute Gasteiger partial charge is 0.295 e. The quantitative estimate of drug-likeness (QED) is 0.0452. The minimum atomic E-state index is -4.50. The van der Waals surface area contributed by atoms with E-state index >= 15 is 0 Å². The average molecular weight is 788 g/mol. The lowest BCUT2D eigenvalue weighted by Gasteiger charge is -2.14. The van der Waals surface area contributed by atoms with E-state index in [2.05, 4.69) is 25.2 Å². The number of aliphatic hydroxyl groups is 1. The molecule has 0 aliphatic heterocycles. The molecule has 4 aromatic rings. The van der Waals surface area contributed by atoms with E-state index in [9.17, 15) is 34.9 Å². The van der Waals surface area contributed by atoms with Gasteiger partial charge in [0.25, 0.3) is 30.4 Å². The van der Waals surface area contributed by atoms with Crippen molar-refractivity contribution in [2.45, 2.75) is 48.0 Å². The van der Waals surface area contributed by atoms with Gasteiger partial charge in [-0.25, -0.2) is 9.97 Å². The molecule has 1 heterocycles. The Morgan fingerprint density at radius 2 is 1.42 bits per heavy atom. The van der Waals surface area contributed by atoms with Gasteiger partial charge in [0.05, 0.1) is 36.1 Å². The first kappa shape index (κ1) is 39.5. The summed E-state index contributed by atoms with van der Waals surface area (Å²) in [4.78, 5) is 13.1. The van der Waals surface area contributed by atoms with Crippen LogP contribution in [0.2, 0.25) is 0 Å². The minimum absolute atomic E-state index is 0.0997. The molecule has 4 N–H and O–H groups in total. The van der Waals surface area contributed by atoms with Gasteiger partial charge in [-0.15, -0.1) is 0 Å². The van der Waals surface area contributed by atoms with E-state index in [1.807, 2.05) is 0 Å². The molecule has 0 fully saturated rings. The van der Waals surface area contributed by atoms with E-state index in [-0.39, 0.29) is 69.3 Å². The van der Waals surface area contributed by atoms with Gasteiger partial charge in [0.1, 0.15) is 16.5 Å². The van der Waals surface area contributed by atoms with E-state index in [1.165, 1.54) is 18.2 Å². The maximum absolute atomic E-state index is 11.9. The molecule has 16 nitrogen and oxygen atoms in total. The van der Waals surface area contributed by atoms with Crippen LogP contribution in [0.15, 0.2) is 74.0 Å². The summed E-state index contributed by atoms with van der Waals surface area (Å²) in [6.07, 6.45) is 0.363. The molecule has 50 heavy (non-hydrogen) atoms. The lowest BCUT2D eigenvalue weighted by Crippen LogP contribution is -2.07. The van der Waals surface area contributed by atoms with Gasteiger partial charge in [0.2, 0.25) is 0 Å². The topological polar surface area (TPSA) is 256 Å². The summed E-state index contributed by atoms with van der Waals surface area (Å²) in [6.45, 7) is 1.61. The zero-order valence-corrected chi connectivity index (χ0v) is 30.5. The number of benzene rings is 3. The van der Waals surface area contributed by atoms with Crippen LogP contribution in [0.3, 0.4) is 0 Å². The van der Waals surface area contributed by atoms with Crippen LogP contribution in [0.25, 0.3) is 10.8 Å². The Morgan fingerprint density at radius 1 is 0.780 bits per heavy atom. The number of ether oxygens (including phenoxy) is 1. The maximum atomic E-state index is 11.9. The predicted molar refractivity (Wildman–Crippen MR) is 188 cm³/mol. The van der Waals surface area contributed by atoms with Crippen molar-refractivity contribution < 1.29 is 48.8 Å². The highest BCUT2D eigenvalue weighted by atomic mass is 32.2. The van der Waals surface area contributed by atoms with Crippen molar-refractivity contribution >= 4 is 76.0 Å². The summed E-state index contributed by atoms with van der Waals surface area (Å²) >= 11 is 2.28. The fourth-order valence-corrected chi connectivity index (χ4v) is 8.24. The number of nitrogens with zero attached hydrogens (tertiary/aromatic N) is 5. The van der Waals surface area contributed by atoms with E-state index in [0.717, 1.165) is 23.5 Å². The number of rotatable bonds is 18. The van der Waals surface area contributed by atoms with Gasteiger partial charge in [0.15, 0.2) is 10.3 Å². The van der Waals surface area contributed by atoms with Gasteiger partial charge in [-0.05, 0) is 49.4 Å². The lowest BCUT2D eigenvalue weighted by atomic mass is 10.0. The minimum Gasteiger partial charge on any atom is -0.494 e. The SMILES string of the molecule is CCOc1cc(N=Nc2ccc3cccc(S(=O)(=O)O)c3c2)c(CO)cc1Cc1nc(SCCCS(=O)(=O)O)nc(SCCCS(=O)(=O)O)n1. The van der Waals surface area contributed by atoms with Crippen LogP contribution in [0.1, 0.15) is 36.7 Å². The molecule has 0 bridgehead atoms. The van der Waals surface area contributed by atoms with Gasteiger partial charge < -0.3 is 9.84 Å². The fraction of sp³-hybridized carbons (Fsp3) is 0.345. The molecule has 3 aromatic carbocycles. The first-order valence-electron chi connectivity index (χ1n) is 14.8. The van der Waals surface area contributed by atoms with Crippen molar-refractivity contribution in [2.24, 2.45) is 10.2 Å². The maximum Gasteiger partial charge on any atom is 0.295 e.